The number of rotatable bonds is 8. The lowest BCUT2D eigenvalue weighted by Crippen LogP contribution is -2.38. The van der Waals surface area contributed by atoms with Crippen LogP contribution in [0.3, 0.4) is 0 Å². The second kappa shape index (κ2) is 9.48. The SMILES string of the molecule is COc1ccc(CSCC(=O)NCC2CCCNC2)cc1[N+](=O)[O-]. The van der Waals surface area contributed by atoms with E-state index in [2.05, 4.69) is 10.6 Å². The molecule has 1 aliphatic rings. The van der Waals surface area contributed by atoms with Gasteiger partial charge in [-0.25, -0.2) is 0 Å². The number of carbonyl (C=O) groups is 1. The van der Waals surface area contributed by atoms with Gasteiger partial charge in [0.1, 0.15) is 0 Å². The zero-order valence-corrected chi connectivity index (χ0v) is 14.6. The van der Waals surface area contributed by atoms with Crippen molar-refractivity contribution in [2.45, 2.75) is 18.6 Å². The molecule has 0 aliphatic carbocycles. The molecule has 24 heavy (non-hydrogen) atoms. The molecule has 1 aromatic rings. The van der Waals surface area contributed by atoms with Crippen molar-refractivity contribution in [2.75, 3.05) is 32.5 Å². The predicted octanol–water partition coefficient (Wildman–Crippen LogP) is 1.95. The Morgan fingerprint density at radius 1 is 1.54 bits per heavy atom. The first-order valence-electron chi connectivity index (χ1n) is 7.96. The van der Waals surface area contributed by atoms with Crippen molar-refractivity contribution in [1.29, 1.82) is 0 Å². The lowest BCUT2D eigenvalue weighted by atomic mass is 10.00. The van der Waals surface area contributed by atoms with Crippen LogP contribution in [0.4, 0.5) is 5.69 Å². The molecule has 1 aromatic carbocycles. The van der Waals surface area contributed by atoms with Gasteiger partial charge in [0.2, 0.25) is 5.91 Å². The minimum atomic E-state index is -0.460. The maximum absolute atomic E-state index is 11.9. The summed E-state index contributed by atoms with van der Waals surface area (Å²) in [6, 6.07) is 4.87. The van der Waals surface area contributed by atoms with Gasteiger partial charge in [-0.2, -0.15) is 0 Å². The molecule has 7 nitrogen and oxygen atoms in total. The van der Waals surface area contributed by atoms with E-state index in [1.54, 1.807) is 12.1 Å². The van der Waals surface area contributed by atoms with Crippen LogP contribution in [0.15, 0.2) is 18.2 Å². The van der Waals surface area contributed by atoms with Crippen molar-refractivity contribution >= 4 is 23.4 Å². The Hall–Kier alpha value is -1.80. The van der Waals surface area contributed by atoms with Crippen LogP contribution in [0.25, 0.3) is 0 Å². The fraction of sp³-hybridized carbons (Fsp3) is 0.562. The summed E-state index contributed by atoms with van der Waals surface area (Å²) in [4.78, 5) is 22.4. The average molecular weight is 353 g/mol. The van der Waals surface area contributed by atoms with Gasteiger partial charge < -0.3 is 15.4 Å². The number of methoxy groups -OCH3 is 1. The van der Waals surface area contributed by atoms with E-state index >= 15 is 0 Å². The summed E-state index contributed by atoms with van der Waals surface area (Å²) in [5.74, 6) is 1.65. The molecule has 1 unspecified atom stereocenters. The minimum absolute atomic E-state index is 0.00795. The maximum atomic E-state index is 11.9. The Bertz CT molecular complexity index is 576. The summed E-state index contributed by atoms with van der Waals surface area (Å²) in [5.41, 5.74) is 0.752. The quantitative estimate of drug-likeness (QED) is 0.548. The van der Waals surface area contributed by atoms with Gasteiger partial charge in [0.15, 0.2) is 5.75 Å². The molecule has 0 radical (unpaired) electrons. The van der Waals surface area contributed by atoms with E-state index in [0.29, 0.717) is 24.0 Å². The van der Waals surface area contributed by atoms with Crippen molar-refractivity contribution < 1.29 is 14.5 Å². The molecule has 1 amide bonds. The molecule has 1 aliphatic heterocycles. The van der Waals surface area contributed by atoms with Crippen LogP contribution >= 0.6 is 11.8 Å². The molecule has 0 spiro atoms. The van der Waals surface area contributed by atoms with E-state index in [1.807, 2.05) is 0 Å². The first-order chi connectivity index (χ1) is 11.6. The van der Waals surface area contributed by atoms with Crippen LogP contribution < -0.4 is 15.4 Å². The van der Waals surface area contributed by atoms with Crippen LogP contribution in [0.5, 0.6) is 5.75 Å². The summed E-state index contributed by atoms with van der Waals surface area (Å²) < 4.78 is 4.98. The third-order valence-electron chi connectivity index (χ3n) is 3.93. The zero-order chi connectivity index (χ0) is 17.4. The highest BCUT2D eigenvalue weighted by atomic mass is 32.2. The highest BCUT2D eigenvalue weighted by molar-refractivity contribution is 7.99. The molecule has 0 aromatic heterocycles. The van der Waals surface area contributed by atoms with E-state index in [-0.39, 0.29) is 17.3 Å². The van der Waals surface area contributed by atoms with E-state index < -0.39 is 4.92 Å². The molecule has 1 saturated heterocycles. The smallest absolute Gasteiger partial charge is 0.311 e. The topological polar surface area (TPSA) is 93.5 Å². The molecule has 8 heteroatoms. The number of nitro benzene ring substituents is 1. The zero-order valence-electron chi connectivity index (χ0n) is 13.7. The van der Waals surface area contributed by atoms with Gasteiger partial charge in [0.05, 0.1) is 17.8 Å². The number of amides is 1. The Labute approximate surface area is 145 Å². The Morgan fingerprint density at radius 3 is 3.04 bits per heavy atom. The number of benzene rings is 1. The number of ether oxygens (including phenoxy) is 1. The van der Waals surface area contributed by atoms with Gasteiger partial charge in [0.25, 0.3) is 0 Å². The Kier molecular flexibility index (Phi) is 7.33. The van der Waals surface area contributed by atoms with E-state index in [0.717, 1.165) is 31.5 Å². The number of nitrogens with one attached hydrogen (secondary N) is 2. The summed E-state index contributed by atoms with van der Waals surface area (Å²) in [6.45, 7) is 2.73. The minimum Gasteiger partial charge on any atom is -0.490 e. The number of nitrogens with zero attached hydrogens (tertiary/aromatic N) is 1. The van der Waals surface area contributed by atoms with Crippen molar-refractivity contribution in [3.8, 4) is 5.75 Å². The molecule has 132 valence electrons. The standard InChI is InChI=1S/C16H23N3O4S/c1-23-15-5-4-12(7-14(15)19(21)22)10-24-11-16(20)18-9-13-3-2-6-17-8-13/h4-5,7,13,17H,2-3,6,8-11H2,1H3,(H,18,20). The van der Waals surface area contributed by atoms with Gasteiger partial charge in [-0.3, -0.25) is 14.9 Å². The molecule has 0 saturated carbocycles. The number of carbonyl (C=O) groups excluding carboxylic acids is 1. The second-order valence-corrected chi connectivity index (χ2v) is 6.76. The highest BCUT2D eigenvalue weighted by Gasteiger charge is 2.16. The van der Waals surface area contributed by atoms with Crippen molar-refractivity contribution in [2.24, 2.45) is 5.92 Å². The van der Waals surface area contributed by atoms with Gasteiger partial charge in [-0.15, -0.1) is 11.8 Å². The Balaban J connectivity index is 1.74. The molecular weight excluding hydrogens is 330 g/mol. The van der Waals surface area contributed by atoms with E-state index in [9.17, 15) is 14.9 Å². The second-order valence-electron chi connectivity index (χ2n) is 5.77. The van der Waals surface area contributed by atoms with Gasteiger partial charge in [-0.1, -0.05) is 6.07 Å². The van der Waals surface area contributed by atoms with Gasteiger partial charge >= 0.3 is 5.69 Å². The van der Waals surface area contributed by atoms with E-state index in [1.165, 1.54) is 24.9 Å². The largest absolute Gasteiger partial charge is 0.490 e. The summed E-state index contributed by atoms with van der Waals surface area (Å²) in [7, 11) is 1.41. The van der Waals surface area contributed by atoms with Gasteiger partial charge in [0, 0.05) is 18.4 Å². The Morgan fingerprint density at radius 2 is 2.38 bits per heavy atom. The maximum Gasteiger partial charge on any atom is 0.311 e. The predicted molar refractivity (Wildman–Crippen MR) is 94.4 cm³/mol. The van der Waals surface area contributed by atoms with E-state index in [4.69, 9.17) is 4.74 Å². The first-order valence-corrected chi connectivity index (χ1v) is 9.12. The molecule has 1 fully saturated rings. The molecular formula is C16H23N3O4S. The number of thioether (sulfide) groups is 1. The fourth-order valence-electron chi connectivity index (χ4n) is 2.64. The monoisotopic (exact) mass is 353 g/mol. The van der Waals surface area contributed by atoms with Crippen LogP contribution in [0.2, 0.25) is 0 Å². The van der Waals surface area contributed by atoms with Gasteiger partial charge in [-0.05, 0) is 43.5 Å². The third kappa shape index (κ3) is 5.68. The first kappa shape index (κ1) is 18.5. The van der Waals surface area contributed by atoms with Crippen molar-refractivity contribution in [1.82, 2.24) is 10.6 Å². The summed E-state index contributed by atoms with van der Waals surface area (Å²) in [6.07, 6.45) is 2.31. The van der Waals surface area contributed by atoms with Crippen LogP contribution in [-0.4, -0.2) is 43.3 Å². The highest BCUT2D eigenvalue weighted by Crippen LogP contribution is 2.28. The van der Waals surface area contributed by atoms with Crippen molar-refractivity contribution in [3.05, 3.63) is 33.9 Å². The summed E-state index contributed by atoms with van der Waals surface area (Å²) in [5, 5.41) is 17.3. The lowest BCUT2D eigenvalue weighted by Gasteiger charge is -2.22. The normalized spacial score (nSPS) is 17.3. The fourth-order valence-corrected chi connectivity index (χ4v) is 3.44. The molecule has 2 N–H and O–H groups in total. The van der Waals surface area contributed by atoms with Crippen molar-refractivity contribution in [3.63, 3.8) is 0 Å². The number of hydrogen-bond acceptors (Lipinski definition) is 6. The number of nitro groups is 1. The summed E-state index contributed by atoms with van der Waals surface area (Å²) >= 11 is 1.44. The average Bonchev–Trinajstić information content (AvgIpc) is 2.60. The van der Waals surface area contributed by atoms with Crippen LogP contribution in [0, 0.1) is 16.0 Å². The molecule has 1 heterocycles. The lowest BCUT2D eigenvalue weighted by molar-refractivity contribution is -0.385. The third-order valence-corrected chi connectivity index (χ3v) is 4.93. The molecule has 0 bridgehead atoms. The molecule has 1 atom stereocenters. The number of piperidine rings is 1. The van der Waals surface area contributed by atoms with Crippen LogP contribution in [-0.2, 0) is 10.5 Å². The molecule has 2 rings (SSSR count). The van der Waals surface area contributed by atoms with Crippen LogP contribution in [0.1, 0.15) is 18.4 Å². The number of hydrogen-bond donors (Lipinski definition) is 2.